The van der Waals surface area contributed by atoms with Crippen LogP contribution in [0, 0.1) is 0 Å². The van der Waals surface area contributed by atoms with Gasteiger partial charge in [0.1, 0.15) is 31.0 Å². The molecule has 3 aromatic carbocycles. The van der Waals surface area contributed by atoms with Crippen LogP contribution in [0.2, 0.25) is 0 Å². The summed E-state index contributed by atoms with van der Waals surface area (Å²) in [5.41, 5.74) is 8.74. The van der Waals surface area contributed by atoms with Crippen molar-refractivity contribution < 1.29 is 29.0 Å². The lowest BCUT2D eigenvalue weighted by Crippen LogP contribution is -2.55. The molecule has 0 aliphatic carbocycles. The van der Waals surface area contributed by atoms with Gasteiger partial charge in [0.05, 0.1) is 6.04 Å². The highest BCUT2D eigenvalue weighted by Gasteiger charge is 2.26. The molecular formula is C30H34N4O6. The van der Waals surface area contributed by atoms with E-state index in [0.29, 0.717) is 12.4 Å². The van der Waals surface area contributed by atoms with Crippen LogP contribution in [0.3, 0.4) is 0 Å². The number of carboxylic acid groups (broad SMARTS) is 1. The Balaban J connectivity index is 1.51. The summed E-state index contributed by atoms with van der Waals surface area (Å²) < 4.78 is 5.78. The third kappa shape index (κ3) is 9.88. The Bertz CT molecular complexity index is 1270. The van der Waals surface area contributed by atoms with Crippen molar-refractivity contribution in [3.63, 3.8) is 0 Å². The second-order valence-electron chi connectivity index (χ2n) is 9.32. The summed E-state index contributed by atoms with van der Waals surface area (Å²) in [7, 11) is 0. The van der Waals surface area contributed by atoms with Crippen LogP contribution >= 0.6 is 0 Å². The molecule has 3 aromatic rings. The number of carbonyl (C=O) groups excluding carboxylic acids is 3. The van der Waals surface area contributed by atoms with E-state index >= 15 is 0 Å². The third-order valence-electron chi connectivity index (χ3n) is 6.05. The maximum atomic E-state index is 12.8. The molecule has 3 rings (SSSR count). The van der Waals surface area contributed by atoms with Gasteiger partial charge >= 0.3 is 5.97 Å². The van der Waals surface area contributed by atoms with Gasteiger partial charge in [0.2, 0.25) is 17.7 Å². The van der Waals surface area contributed by atoms with Crippen LogP contribution in [0.4, 0.5) is 0 Å². The molecule has 10 nitrogen and oxygen atoms in total. The van der Waals surface area contributed by atoms with Crippen molar-refractivity contribution in [1.29, 1.82) is 0 Å². The van der Waals surface area contributed by atoms with Crippen LogP contribution in [0.5, 0.6) is 5.75 Å². The lowest BCUT2D eigenvalue weighted by atomic mass is 10.0. The lowest BCUT2D eigenvalue weighted by molar-refractivity contribution is -0.138. The number of hydrogen-bond donors (Lipinski definition) is 5. The second kappa shape index (κ2) is 15.0. The van der Waals surface area contributed by atoms with Crippen molar-refractivity contribution in [2.75, 3.05) is 6.54 Å². The SMILES string of the molecule is C[C@@H](NC(=O)[C@@H](N)Cc1ccc(OCc2ccccc2)cc1)C(=O)N[C@@H](Cc1ccccc1)C(=O)NCC(=O)O. The average molecular weight is 547 g/mol. The van der Waals surface area contributed by atoms with Gasteiger partial charge in [-0.25, -0.2) is 0 Å². The smallest absolute Gasteiger partial charge is 0.322 e. The summed E-state index contributed by atoms with van der Waals surface area (Å²) in [5, 5.41) is 16.3. The minimum atomic E-state index is -1.21. The van der Waals surface area contributed by atoms with E-state index in [9.17, 15) is 19.2 Å². The van der Waals surface area contributed by atoms with E-state index in [0.717, 1.165) is 16.7 Å². The number of nitrogens with one attached hydrogen (secondary N) is 3. The molecule has 40 heavy (non-hydrogen) atoms. The number of aliphatic carboxylic acids is 1. The fraction of sp³-hybridized carbons (Fsp3) is 0.267. The molecule has 0 aliphatic rings. The Labute approximate surface area is 232 Å². The van der Waals surface area contributed by atoms with Crippen molar-refractivity contribution in [1.82, 2.24) is 16.0 Å². The topological polar surface area (TPSA) is 160 Å². The van der Waals surface area contributed by atoms with Gasteiger partial charge in [-0.05, 0) is 42.2 Å². The molecule has 10 heteroatoms. The third-order valence-corrected chi connectivity index (χ3v) is 6.05. The summed E-state index contributed by atoms with van der Waals surface area (Å²) >= 11 is 0. The van der Waals surface area contributed by atoms with Crippen molar-refractivity contribution in [2.24, 2.45) is 5.73 Å². The molecule has 3 atom stereocenters. The van der Waals surface area contributed by atoms with Crippen LogP contribution in [-0.2, 0) is 38.6 Å². The average Bonchev–Trinajstić information content (AvgIpc) is 2.96. The highest BCUT2D eigenvalue weighted by molar-refractivity contribution is 5.93. The molecule has 0 radical (unpaired) electrons. The zero-order valence-electron chi connectivity index (χ0n) is 22.2. The van der Waals surface area contributed by atoms with Gasteiger partial charge in [-0.3, -0.25) is 19.2 Å². The molecule has 0 heterocycles. The predicted molar refractivity (Wildman–Crippen MR) is 149 cm³/mol. The van der Waals surface area contributed by atoms with Crippen LogP contribution in [0.15, 0.2) is 84.9 Å². The molecule has 6 N–H and O–H groups in total. The number of amides is 3. The van der Waals surface area contributed by atoms with Crippen molar-refractivity contribution >= 4 is 23.7 Å². The number of carboxylic acids is 1. The van der Waals surface area contributed by atoms with Gasteiger partial charge in [-0.15, -0.1) is 0 Å². The maximum Gasteiger partial charge on any atom is 0.322 e. The van der Waals surface area contributed by atoms with Gasteiger partial charge < -0.3 is 31.5 Å². The standard InChI is InChI=1S/C30H34N4O6/c1-20(28(37)34-26(30(39)32-18-27(35)36)17-21-8-4-2-5-9-21)33-29(38)25(31)16-22-12-14-24(15-13-22)40-19-23-10-6-3-7-11-23/h2-15,20,25-26H,16-19,31H2,1H3,(H,32,39)(H,33,38)(H,34,37)(H,35,36)/t20-,25+,26+/m1/s1. The van der Waals surface area contributed by atoms with Gasteiger partial charge in [0.15, 0.2) is 0 Å². The molecule has 0 saturated carbocycles. The monoisotopic (exact) mass is 546 g/mol. The van der Waals surface area contributed by atoms with E-state index in [1.54, 1.807) is 36.4 Å². The van der Waals surface area contributed by atoms with Crippen LogP contribution in [-0.4, -0.2) is 53.5 Å². The van der Waals surface area contributed by atoms with Crippen molar-refractivity contribution in [3.8, 4) is 5.75 Å². The van der Waals surface area contributed by atoms with E-state index in [-0.39, 0.29) is 12.8 Å². The summed E-state index contributed by atoms with van der Waals surface area (Å²) in [6.07, 6.45) is 0.386. The Morgan fingerprint density at radius 2 is 1.32 bits per heavy atom. The maximum absolute atomic E-state index is 12.8. The largest absolute Gasteiger partial charge is 0.489 e. The normalized spacial score (nSPS) is 12.8. The summed E-state index contributed by atoms with van der Waals surface area (Å²) in [6, 6.07) is 23.1. The molecule has 0 fully saturated rings. The molecule has 0 saturated heterocycles. The number of nitrogens with two attached hydrogens (primary N) is 1. The minimum Gasteiger partial charge on any atom is -0.489 e. The zero-order valence-corrected chi connectivity index (χ0v) is 22.2. The quantitative estimate of drug-likeness (QED) is 0.205. The van der Waals surface area contributed by atoms with Gasteiger partial charge in [-0.2, -0.15) is 0 Å². The number of ether oxygens (including phenoxy) is 1. The Kier molecular flexibility index (Phi) is 11.2. The molecule has 0 unspecified atom stereocenters. The highest BCUT2D eigenvalue weighted by atomic mass is 16.5. The summed E-state index contributed by atoms with van der Waals surface area (Å²) in [6.45, 7) is 1.34. The predicted octanol–water partition coefficient (Wildman–Crippen LogP) is 1.57. The Morgan fingerprint density at radius 3 is 1.93 bits per heavy atom. The van der Waals surface area contributed by atoms with E-state index < -0.39 is 48.4 Å². The first-order chi connectivity index (χ1) is 19.2. The zero-order chi connectivity index (χ0) is 28.9. The molecule has 210 valence electrons. The Morgan fingerprint density at radius 1 is 0.750 bits per heavy atom. The van der Waals surface area contributed by atoms with Crippen LogP contribution in [0.1, 0.15) is 23.6 Å². The Hall–Kier alpha value is -4.70. The summed E-state index contributed by atoms with van der Waals surface area (Å²) in [4.78, 5) is 49.0. The van der Waals surface area contributed by atoms with E-state index in [4.69, 9.17) is 15.6 Å². The van der Waals surface area contributed by atoms with E-state index in [1.807, 2.05) is 48.5 Å². The molecule has 0 spiro atoms. The van der Waals surface area contributed by atoms with E-state index in [1.165, 1.54) is 6.92 Å². The van der Waals surface area contributed by atoms with Crippen LogP contribution in [0.25, 0.3) is 0 Å². The van der Waals surface area contributed by atoms with Crippen molar-refractivity contribution in [2.45, 2.75) is 44.5 Å². The fourth-order valence-corrected chi connectivity index (χ4v) is 3.84. The highest BCUT2D eigenvalue weighted by Crippen LogP contribution is 2.15. The van der Waals surface area contributed by atoms with Gasteiger partial charge in [0.25, 0.3) is 0 Å². The van der Waals surface area contributed by atoms with Gasteiger partial charge in [-0.1, -0.05) is 72.8 Å². The number of rotatable bonds is 14. The first kappa shape index (κ1) is 29.9. The molecule has 3 amide bonds. The number of hydrogen-bond acceptors (Lipinski definition) is 6. The molecule has 0 aromatic heterocycles. The number of carbonyl (C=O) groups is 4. The molecular weight excluding hydrogens is 512 g/mol. The first-order valence-corrected chi connectivity index (χ1v) is 12.9. The second-order valence-corrected chi connectivity index (χ2v) is 9.32. The first-order valence-electron chi connectivity index (χ1n) is 12.9. The summed E-state index contributed by atoms with van der Waals surface area (Å²) in [5.74, 6) is -2.30. The lowest BCUT2D eigenvalue weighted by Gasteiger charge is -2.22. The fourth-order valence-electron chi connectivity index (χ4n) is 3.84. The minimum absolute atomic E-state index is 0.142. The van der Waals surface area contributed by atoms with Gasteiger partial charge in [0, 0.05) is 6.42 Å². The van der Waals surface area contributed by atoms with E-state index in [2.05, 4.69) is 16.0 Å². The molecule has 0 bridgehead atoms. The van der Waals surface area contributed by atoms with Crippen molar-refractivity contribution in [3.05, 3.63) is 102 Å². The number of benzene rings is 3. The molecule has 0 aliphatic heterocycles. The van der Waals surface area contributed by atoms with Crippen LogP contribution < -0.4 is 26.4 Å².